The van der Waals surface area contributed by atoms with Crippen LogP contribution in [0.4, 0.5) is 0 Å². The Morgan fingerprint density at radius 1 is 1.14 bits per heavy atom. The standard InChI is InChI=1S/C13H26O/c1-4-7-8-9-10-11-12-13(5-2)14-6-3/h4,7,13H,5-6,8-12H2,1-3H3. The van der Waals surface area contributed by atoms with Crippen molar-refractivity contribution in [2.45, 2.75) is 65.4 Å². The first-order valence-corrected chi connectivity index (χ1v) is 6.07. The molecule has 0 aromatic carbocycles. The van der Waals surface area contributed by atoms with Gasteiger partial charge in [-0.15, -0.1) is 0 Å². The van der Waals surface area contributed by atoms with Crippen LogP contribution in [0.25, 0.3) is 0 Å². The van der Waals surface area contributed by atoms with Crippen LogP contribution >= 0.6 is 0 Å². The number of hydrogen-bond donors (Lipinski definition) is 0. The Kier molecular flexibility index (Phi) is 10.5. The third-order valence-corrected chi connectivity index (χ3v) is 2.49. The lowest BCUT2D eigenvalue weighted by atomic mass is 10.1. The van der Waals surface area contributed by atoms with Crippen LogP contribution in [0, 0.1) is 0 Å². The van der Waals surface area contributed by atoms with E-state index in [0.717, 1.165) is 13.0 Å². The van der Waals surface area contributed by atoms with Crippen LogP contribution in [0.15, 0.2) is 12.2 Å². The summed E-state index contributed by atoms with van der Waals surface area (Å²) in [5.74, 6) is 0. The number of hydrogen-bond acceptors (Lipinski definition) is 1. The predicted molar refractivity (Wildman–Crippen MR) is 63.6 cm³/mol. The minimum absolute atomic E-state index is 0.502. The molecule has 1 heteroatoms. The van der Waals surface area contributed by atoms with Crippen LogP contribution < -0.4 is 0 Å². The van der Waals surface area contributed by atoms with Gasteiger partial charge in [0.2, 0.25) is 0 Å². The van der Waals surface area contributed by atoms with Crippen molar-refractivity contribution in [3.63, 3.8) is 0 Å². The van der Waals surface area contributed by atoms with Gasteiger partial charge in [0.15, 0.2) is 0 Å². The lowest BCUT2D eigenvalue weighted by molar-refractivity contribution is 0.0524. The molecular weight excluding hydrogens is 172 g/mol. The Hall–Kier alpha value is -0.300. The van der Waals surface area contributed by atoms with Gasteiger partial charge >= 0.3 is 0 Å². The molecule has 0 amide bonds. The van der Waals surface area contributed by atoms with Crippen molar-refractivity contribution in [2.75, 3.05) is 6.61 Å². The Bertz CT molecular complexity index is 129. The van der Waals surface area contributed by atoms with Crippen molar-refractivity contribution in [2.24, 2.45) is 0 Å². The molecule has 0 heterocycles. The highest BCUT2D eigenvalue weighted by molar-refractivity contribution is 4.76. The summed E-state index contributed by atoms with van der Waals surface area (Å²) < 4.78 is 5.60. The highest BCUT2D eigenvalue weighted by atomic mass is 16.5. The van der Waals surface area contributed by atoms with Gasteiger partial charge in [0, 0.05) is 6.61 Å². The Morgan fingerprint density at radius 2 is 1.93 bits per heavy atom. The quantitative estimate of drug-likeness (QED) is 0.396. The van der Waals surface area contributed by atoms with Crippen LogP contribution in [0.1, 0.15) is 59.3 Å². The molecule has 0 radical (unpaired) electrons. The summed E-state index contributed by atoms with van der Waals surface area (Å²) in [5.41, 5.74) is 0. The van der Waals surface area contributed by atoms with Crippen LogP contribution in [0.5, 0.6) is 0 Å². The van der Waals surface area contributed by atoms with E-state index in [4.69, 9.17) is 4.74 Å². The zero-order chi connectivity index (χ0) is 10.6. The second-order valence-corrected chi connectivity index (χ2v) is 3.69. The highest BCUT2D eigenvalue weighted by Gasteiger charge is 2.03. The normalized spacial score (nSPS) is 13.6. The molecular formula is C13H26O. The topological polar surface area (TPSA) is 9.23 Å². The average Bonchev–Trinajstić information content (AvgIpc) is 2.21. The third-order valence-electron chi connectivity index (χ3n) is 2.49. The predicted octanol–water partition coefficient (Wildman–Crippen LogP) is 4.33. The van der Waals surface area contributed by atoms with Crippen molar-refractivity contribution >= 4 is 0 Å². The minimum Gasteiger partial charge on any atom is -0.379 e. The molecule has 0 aliphatic heterocycles. The molecule has 14 heavy (non-hydrogen) atoms. The Morgan fingerprint density at radius 3 is 2.50 bits per heavy atom. The summed E-state index contributed by atoms with van der Waals surface area (Å²) in [6, 6.07) is 0. The lowest BCUT2D eigenvalue weighted by Gasteiger charge is -2.14. The van der Waals surface area contributed by atoms with E-state index in [1.165, 1.54) is 32.1 Å². The van der Waals surface area contributed by atoms with Crippen molar-refractivity contribution in [3.05, 3.63) is 12.2 Å². The second-order valence-electron chi connectivity index (χ2n) is 3.69. The largest absolute Gasteiger partial charge is 0.379 e. The molecule has 0 N–H and O–H groups in total. The van der Waals surface area contributed by atoms with Crippen LogP contribution in [0.2, 0.25) is 0 Å². The SMILES string of the molecule is CC=CCCCCCC(CC)OCC. The van der Waals surface area contributed by atoms with E-state index in [1.54, 1.807) is 0 Å². The molecule has 1 atom stereocenters. The molecule has 0 spiro atoms. The fourth-order valence-corrected chi connectivity index (χ4v) is 1.62. The zero-order valence-electron chi connectivity index (χ0n) is 10.1. The number of allylic oxidation sites excluding steroid dienone is 2. The van der Waals surface area contributed by atoms with E-state index in [0.29, 0.717) is 6.10 Å². The molecule has 0 aromatic heterocycles. The maximum absolute atomic E-state index is 5.60. The molecule has 1 unspecified atom stereocenters. The molecule has 0 aliphatic rings. The third kappa shape index (κ3) is 8.31. The molecule has 84 valence electrons. The van der Waals surface area contributed by atoms with Gasteiger partial charge in [-0.05, 0) is 39.5 Å². The Balaban J connectivity index is 3.23. The molecule has 0 aliphatic carbocycles. The van der Waals surface area contributed by atoms with E-state index in [1.807, 2.05) is 0 Å². The van der Waals surface area contributed by atoms with Gasteiger partial charge in [0.1, 0.15) is 0 Å². The van der Waals surface area contributed by atoms with Gasteiger partial charge in [-0.2, -0.15) is 0 Å². The number of ether oxygens (including phenoxy) is 1. The molecule has 0 aromatic rings. The van der Waals surface area contributed by atoms with Gasteiger partial charge in [-0.3, -0.25) is 0 Å². The van der Waals surface area contributed by atoms with E-state index in [-0.39, 0.29) is 0 Å². The summed E-state index contributed by atoms with van der Waals surface area (Å²) in [6.45, 7) is 7.23. The van der Waals surface area contributed by atoms with Crippen molar-refractivity contribution in [1.82, 2.24) is 0 Å². The molecule has 1 nitrogen and oxygen atoms in total. The summed E-state index contributed by atoms with van der Waals surface area (Å²) in [6.07, 6.45) is 12.5. The number of unbranched alkanes of at least 4 members (excludes halogenated alkanes) is 3. The molecule has 0 fully saturated rings. The number of rotatable bonds is 9. The smallest absolute Gasteiger partial charge is 0.0572 e. The van der Waals surface area contributed by atoms with Gasteiger partial charge in [-0.25, -0.2) is 0 Å². The second kappa shape index (κ2) is 10.8. The van der Waals surface area contributed by atoms with E-state index >= 15 is 0 Å². The fourth-order valence-electron chi connectivity index (χ4n) is 1.62. The van der Waals surface area contributed by atoms with Gasteiger partial charge < -0.3 is 4.74 Å². The van der Waals surface area contributed by atoms with Crippen LogP contribution in [-0.4, -0.2) is 12.7 Å². The van der Waals surface area contributed by atoms with Crippen LogP contribution in [0.3, 0.4) is 0 Å². The maximum Gasteiger partial charge on any atom is 0.0572 e. The van der Waals surface area contributed by atoms with E-state index in [2.05, 4.69) is 32.9 Å². The molecule has 0 bridgehead atoms. The first kappa shape index (κ1) is 13.7. The summed E-state index contributed by atoms with van der Waals surface area (Å²) in [5, 5.41) is 0. The molecule has 0 rings (SSSR count). The zero-order valence-corrected chi connectivity index (χ0v) is 10.1. The maximum atomic E-state index is 5.60. The van der Waals surface area contributed by atoms with Gasteiger partial charge in [0.05, 0.1) is 6.10 Å². The fraction of sp³-hybridized carbons (Fsp3) is 0.846. The first-order chi connectivity index (χ1) is 6.85. The highest BCUT2D eigenvalue weighted by Crippen LogP contribution is 2.11. The van der Waals surface area contributed by atoms with E-state index < -0.39 is 0 Å². The molecule has 0 saturated heterocycles. The average molecular weight is 198 g/mol. The summed E-state index contributed by atoms with van der Waals surface area (Å²) in [4.78, 5) is 0. The van der Waals surface area contributed by atoms with Crippen LogP contribution in [-0.2, 0) is 4.74 Å². The van der Waals surface area contributed by atoms with Gasteiger partial charge in [0.25, 0.3) is 0 Å². The summed E-state index contributed by atoms with van der Waals surface area (Å²) in [7, 11) is 0. The minimum atomic E-state index is 0.502. The Labute approximate surface area is 89.5 Å². The van der Waals surface area contributed by atoms with Crippen molar-refractivity contribution < 1.29 is 4.74 Å². The van der Waals surface area contributed by atoms with Gasteiger partial charge in [-0.1, -0.05) is 31.9 Å². The van der Waals surface area contributed by atoms with E-state index in [9.17, 15) is 0 Å². The summed E-state index contributed by atoms with van der Waals surface area (Å²) >= 11 is 0. The lowest BCUT2D eigenvalue weighted by Crippen LogP contribution is -2.11. The van der Waals surface area contributed by atoms with Crippen molar-refractivity contribution in [3.8, 4) is 0 Å². The molecule has 0 saturated carbocycles. The monoisotopic (exact) mass is 198 g/mol. The first-order valence-electron chi connectivity index (χ1n) is 6.07. The van der Waals surface area contributed by atoms with Crippen molar-refractivity contribution in [1.29, 1.82) is 0 Å².